The first-order valence-electron chi connectivity index (χ1n) is 12.5. The van der Waals surface area contributed by atoms with E-state index < -0.39 is 59.1 Å². The molecule has 5 aliphatic rings. The zero-order valence-electron chi connectivity index (χ0n) is 20.3. The fraction of sp³-hybridized carbons (Fsp3) is 0.200. The van der Waals surface area contributed by atoms with Gasteiger partial charge in [-0.3, -0.25) is 9.59 Å². The number of ketones is 2. The smallest absolute Gasteiger partial charge is 0.178 e. The van der Waals surface area contributed by atoms with Gasteiger partial charge in [0, 0.05) is 40.3 Å². The highest BCUT2D eigenvalue weighted by molar-refractivity contribution is 6.27. The molecule has 0 amide bonds. The number of hydrogen-bond acceptors (Lipinski definition) is 9. The van der Waals surface area contributed by atoms with Gasteiger partial charge in [0.05, 0.1) is 29.6 Å². The van der Waals surface area contributed by atoms with Gasteiger partial charge in [-0.1, -0.05) is 0 Å². The van der Waals surface area contributed by atoms with Gasteiger partial charge < -0.3 is 35.7 Å². The van der Waals surface area contributed by atoms with Crippen molar-refractivity contribution >= 4 is 38.9 Å². The van der Waals surface area contributed by atoms with E-state index in [1.165, 1.54) is 12.1 Å². The fourth-order valence-electron chi connectivity index (χ4n) is 7.98. The van der Waals surface area contributed by atoms with E-state index in [1.54, 1.807) is 6.92 Å². The molecule has 8 rings (SSSR count). The number of hydrogen-bond donors (Lipinski definition) is 7. The van der Waals surface area contributed by atoms with Gasteiger partial charge in [-0.25, -0.2) is 0 Å². The number of Topliss-reactive ketones (excluding diaryl/α,β-unsaturated/α-hetero) is 1. The van der Waals surface area contributed by atoms with E-state index in [0.717, 1.165) is 12.2 Å². The average Bonchev–Trinajstić information content (AvgIpc) is 2.86. The maximum Gasteiger partial charge on any atom is 0.178 e. The molecule has 3 aromatic rings. The van der Waals surface area contributed by atoms with Crippen molar-refractivity contribution in [3.63, 3.8) is 0 Å². The summed E-state index contributed by atoms with van der Waals surface area (Å²) < 4.78 is 0. The first-order valence-corrected chi connectivity index (χ1v) is 12.5. The van der Waals surface area contributed by atoms with Crippen LogP contribution in [-0.4, -0.2) is 47.3 Å². The van der Waals surface area contributed by atoms with Gasteiger partial charge in [0.25, 0.3) is 0 Å². The number of carbonyl (C=O) groups excluding carboxylic acids is 2. The number of rotatable bonds is 1. The number of aliphatic hydroxyl groups excluding tert-OH is 5. The highest BCUT2D eigenvalue weighted by Gasteiger charge is 2.58. The Bertz CT molecular complexity index is 1970. The van der Waals surface area contributed by atoms with E-state index in [1.807, 2.05) is 0 Å². The Kier molecular flexibility index (Phi) is 3.78. The van der Waals surface area contributed by atoms with Crippen molar-refractivity contribution in [2.45, 2.75) is 25.4 Å². The second-order valence-electron chi connectivity index (χ2n) is 10.9. The Balaban J connectivity index is 1.76. The third kappa shape index (κ3) is 2.21. The monoisotopic (exact) mass is 524 g/mol. The molecular formula is C30H20O9. The van der Waals surface area contributed by atoms with Crippen LogP contribution in [0.2, 0.25) is 0 Å². The van der Waals surface area contributed by atoms with Crippen LogP contribution in [0.3, 0.4) is 0 Å². The van der Waals surface area contributed by atoms with Crippen molar-refractivity contribution in [2.75, 3.05) is 0 Å². The van der Waals surface area contributed by atoms with Crippen LogP contribution in [0.25, 0.3) is 27.3 Å². The molecule has 0 bridgehead atoms. The quantitative estimate of drug-likeness (QED) is 0.228. The SMILES string of the molecule is Cc1cc(O)c2c3c4c5c6c(c(O)cc(CO)c6c13)C(O)=C1C(O)=CC(=O)C(C3=C(O)C=C(O)C(C2=O)C34)C15. The van der Waals surface area contributed by atoms with Gasteiger partial charge in [0.1, 0.15) is 34.5 Å². The van der Waals surface area contributed by atoms with Crippen molar-refractivity contribution in [3.8, 4) is 11.5 Å². The summed E-state index contributed by atoms with van der Waals surface area (Å²) in [7, 11) is 0. The molecule has 9 heteroatoms. The third-order valence-electron chi connectivity index (χ3n) is 9.19. The minimum absolute atomic E-state index is 0.00403. The lowest BCUT2D eigenvalue weighted by molar-refractivity contribution is -0.118. The zero-order chi connectivity index (χ0) is 27.4. The number of fused-ring (bicyclic) bond motifs is 2. The Morgan fingerprint density at radius 1 is 0.744 bits per heavy atom. The van der Waals surface area contributed by atoms with Crippen LogP contribution < -0.4 is 0 Å². The first-order chi connectivity index (χ1) is 18.6. The Labute approximate surface area is 219 Å². The summed E-state index contributed by atoms with van der Waals surface area (Å²) in [6.07, 6.45) is 1.99. The Morgan fingerprint density at radius 3 is 2.13 bits per heavy atom. The summed E-state index contributed by atoms with van der Waals surface area (Å²) in [6.45, 7) is 1.22. The lowest BCUT2D eigenvalue weighted by Gasteiger charge is -2.49. The number of aryl methyl sites for hydroxylation is 1. The molecule has 0 aromatic heterocycles. The zero-order valence-corrected chi connectivity index (χ0v) is 20.3. The molecule has 5 aliphatic carbocycles. The number of aromatic hydroxyl groups is 2. The van der Waals surface area contributed by atoms with Gasteiger partial charge in [-0.05, 0) is 57.7 Å². The minimum Gasteiger partial charge on any atom is -0.511 e. The number of phenolic OH excluding ortho intramolecular Hbond substituents is 2. The largest absolute Gasteiger partial charge is 0.511 e. The normalized spacial score (nSPS) is 26.1. The molecule has 0 radical (unpaired) electrons. The number of phenols is 2. The van der Waals surface area contributed by atoms with Crippen LogP contribution in [0.5, 0.6) is 11.5 Å². The van der Waals surface area contributed by atoms with Crippen LogP contribution in [0.15, 0.2) is 52.7 Å². The van der Waals surface area contributed by atoms with Crippen molar-refractivity contribution in [3.05, 3.63) is 86.1 Å². The lowest BCUT2D eigenvalue weighted by Crippen LogP contribution is -2.44. The topological polar surface area (TPSA) is 176 Å². The standard InChI is InChI=1S/C30H20O9/c1-7-2-9(32)19-23-15(7)16-8(6-31)3-10(33)20-24(16)28-26-18(12(35)5-14(37)22(26)30(20)39)17-11(34)4-13(36)21(29(19)38)25(17)27(23)28/h2-5,18,21,25-26,31-34,36-37,39H,6H2,1H3. The van der Waals surface area contributed by atoms with Crippen molar-refractivity contribution in [2.24, 2.45) is 11.8 Å². The van der Waals surface area contributed by atoms with Gasteiger partial charge in [0.2, 0.25) is 0 Å². The average molecular weight is 524 g/mol. The first kappa shape index (κ1) is 22.2. The van der Waals surface area contributed by atoms with E-state index >= 15 is 0 Å². The summed E-state index contributed by atoms with van der Waals surface area (Å²) >= 11 is 0. The number of carbonyl (C=O) groups is 2. The van der Waals surface area contributed by atoms with Crippen LogP contribution in [0, 0.1) is 18.8 Å². The second kappa shape index (κ2) is 6.62. The van der Waals surface area contributed by atoms with Crippen LogP contribution in [-0.2, 0) is 11.4 Å². The van der Waals surface area contributed by atoms with Crippen LogP contribution in [0.4, 0.5) is 0 Å². The van der Waals surface area contributed by atoms with E-state index in [9.17, 15) is 45.3 Å². The maximum atomic E-state index is 14.0. The molecule has 0 saturated carbocycles. The Hall–Kier alpha value is -4.76. The van der Waals surface area contributed by atoms with Gasteiger partial charge in [-0.2, -0.15) is 0 Å². The van der Waals surface area contributed by atoms with Crippen LogP contribution in [0.1, 0.15) is 50.0 Å². The number of benzene rings is 3. The molecule has 4 atom stereocenters. The van der Waals surface area contributed by atoms with E-state index in [2.05, 4.69) is 0 Å². The van der Waals surface area contributed by atoms with E-state index in [0.29, 0.717) is 43.8 Å². The summed E-state index contributed by atoms with van der Waals surface area (Å²) in [5.41, 5.74) is 1.88. The van der Waals surface area contributed by atoms with Gasteiger partial charge in [0.15, 0.2) is 11.6 Å². The molecule has 4 unspecified atom stereocenters. The molecule has 39 heavy (non-hydrogen) atoms. The van der Waals surface area contributed by atoms with Crippen molar-refractivity contribution in [1.82, 2.24) is 0 Å². The fourth-order valence-corrected chi connectivity index (χ4v) is 7.98. The van der Waals surface area contributed by atoms with Gasteiger partial charge in [-0.15, -0.1) is 0 Å². The minimum atomic E-state index is -1.23. The maximum absolute atomic E-state index is 14.0. The third-order valence-corrected chi connectivity index (χ3v) is 9.19. The van der Waals surface area contributed by atoms with Crippen LogP contribution >= 0.6 is 0 Å². The van der Waals surface area contributed by atoms with Crippen molar-refractivity contribution in [1.29, 1.82) is 0 Å². The molecular weight excluding hydrogens is 504 g/mol. The summed E-state index contributed by atoms with van der Waals surface area (Å²) in [6, 6.07) is 2.73. The molecule has 194 valence electrons. The number of allylic oxidation sites excluding steroid dienone is 5. The highest BCUT2D eigenvalue weighted by atomic mass is 16.3. The highest BCUT2D eigenvalue weighted by Crippen LogP contribution is 2.66. The Morgan fingerprint density at radius 2 is 1.41 bits per heavy atom. The van der Waals surface area contributed by atoms with E-state index in [-0.39, 0.29) is 39.5 Å². The second-order valence-corrected chi connectivity index (χ2v) is 10.9. The molecule has 3 aromatic carbocycles. The molecule has 0 fully saturated rings. The van der Waals surface area contributed by atoms with E-state index in [4.69, 9.17) is 0 Å². The number of aliphatic hydroxyl groups is 5. The summed E-state index contributed by atoms with van der Waals surface area (Å²) in [4.78, 5) is 27.5. The molecule has 0 heterocycles. The van der Waals surface area contributed by atoms with Gasteiger partial charge >= 0.3 is 0 Å². The summed E-state index contributed by atoms with van der Waals surface area (Å²) in [5.74, 6) is -7.86. The molecule has 9 nitrogen and oxygen atoms in total. The summed E-state index contributed by atoms with van der Waals surface area (Å²) in [5, 5.41) is 78.7. The molecule has 0 aliphatic heterocycles. The molecule has 0 saturated heterocycles. The predicted octanol–water partition coefficient (Wildman–Crippen LogP) is 4.39. The molecule has 0 spiro atoms. The molecule has 7 N–H and O–H groups in total. The van der Waals surface area contributed by atoms with Crippen molar-refractivity contribution < 1.29 is 45.3 Å². The predicted molar refractivity (Wildman–Crippen MR) is 138 cm³/mol. The lowest BCUT2D eigenvalue weighted by atomic mass is 9.52.